The fraction of sp³-hybridized carbons (Fsp3) is 0.923. The lowest BCUT2D eigenvalue weighted by Crippen LogP contribution is -2.49. The summed E-state index contributed by atoms with van der Waals surface area (Å²) >= 11 is 0. The number of hydrogen-bond acceptors (Lipinski definition) is 5. The summed E-state index contributed by atoms with van der Waals surface area (Å²) in [6, 6.07) is 0. The molecule has 0 aromatic heterocycles. The van der Waals surface area contributed by atoms with Gasteiger partial charge in [0.15, 0.2) is 0 Å². The molecule has 2 N–H and O–H groups in total. The van der Waals surface area contributed by atoms with Crippen LogP contribution in [0, 0.1) is 0 Å². The van der Waals surface area contributed by atoms with Crippen molar-refractivity contribution in [3.05, 3.63) is 0 Å². The monoisotopic (exact) mass is 258 g/mol. The molecule has 1 unspecified atom stereocenters. The van der Waals surface area contributed by atoms with Gasteiger partial charge in [0.2, 0.25) is 0 Å². The number of hydrogen-bond donors (Lipinski definition) is 1. The number of carbonyl (C=O) groups excluding carboxylic acids is 1. The van der Waals surface area contributed by atoms with E-state index in [9.17, 15) is 4.79 Å². The Morgan fingerprint density at radius 3 is 2.56 bits per heavy atom. The molecule has 5 heteroatoms. The molecule has 1 saturated heterocycles. The second kappa shape index (κ2) is 7.07. The van der Waals surface area contributed by atoms with E-state index in [1.54, 1.807) is 21.0 Å². The predicted molar refractivity (Wildman–Crippen MR) is 70.3 cm³/mol. The van der Waals surface area contributed by atoms with Gasteiger partial charge in [-0.3, -0.25) is 4.79 Å². The third kappa shape index (κ3) is 4.55. The minimum atomic E-state index is -0.881. The molecule has 18 heavy (non-hydrogen) atoms. The summed E-state index contributed by atoms with van der Waals surface area (Å²) in [5.74, 6) is -0.309. The summed E-state index contributed by atoms with van der Waals surface area (Å²) in [6.07, 6.45) is 3.12. The highest BCUT2D eigenvalue weighted by Crippen LogP contribution is 2.15. The Hall–Kier alpha value is -0.650. The van der Waals surface area contributed by atoms with Gasteiger partial charge in [-0.05, 0) is 33.1 Å². The van der Waals surface area contributed by atoms with Gasteiger partial charge in [0.25, 0.3) is 0 Å². The third-order valence-corrected chi connectivity index (χ3v) is 3.56. The highest BCUT2D eigenvalue weighted by Gasteiger charge is 2.30. The quantitative estimate of drug-likeness (QED) is 0.713. The predicted octanol–water partition coefficient (Wildman–Crippen LogP) is 0.768. The van der Waals surface area contributed by atoms with Gasteiger partial charge in [-0.25, -0.2) is 0 Å². The van der Waals surface area contributed by atoms with E-state index in [4.69, 9.17) is 15.2 Å². The lowest BCUT2D eigenvalue weighted by Gasteiger charge is -2.33. The van der Waals surface area contributed by atoms with Crippen LogP contribution in [0.15, 0.2) is 0 Å². The normalized spacial score (nSPS) is 21.6. The summed E-state index contributed by atoms with van der Waals surface area (Å²) in [7, 11) is 1.76. The molecule has 0 aromatic rings. The number of nitrogens with zero attached hydrogens (tertiary/aromatic N) is 1. The van der Waals surface area contributed by atoms with Crippen molar-refractivity contribution in [2.75, 3.05) is 33.4 Å². The zero-order valence-electron chi connectivity index (χ0n) is 11.8. The fourth-order valence-corrected chi connectivity index (χ4v) is 2.16. The Labute approximate surface area is 110 Å². The number of esters is 1. The maximum Gasteiger partial charge on any atom is 0.325 e. The van der Waals surface area contributed by atoms with Crippen LogP contribution in [-0.4, -0.2) is 55.9 Å². The number of methoxy groups -OCH3 is 1. The highest BCUT2D eigenvalue weighted by atomic mass is 16.5. The van der Waals surface area contributed by atoms with Crippen LogP contribution in [0.25, 0.3) is 0 Å². The van der Waals surface area contributed by atoms with Crippen LogP contribution in [0.2, 0.25) is 0 Å². The molecule has 106 valence electrons. The van der Waals surface area contributed by atoms with Gasteiger partial charge >= 0.3 is 5.97 Å². The number of rotatable bonds is 6. The topological polar surface area (TPSA) is 64.8 Å². The largest absolute Gasteiger partial charge is 0.465 e. The van der Waals surface area contributed by atoms with Crippen molar-refractivity contribution in [2.24, 2.45) is 5.73 Å². The Bertz CT molecular complexity index is 261. The van der Waals surface area contributed by atoms with E-state index >= 15 is 0 Å². The molecule has 1 heterocycles. The van der Waals surface area contributed by atoms with Gasteiger partial charge in [0.1, 0.15) is 5.54 Å². The van der Waals surface area contributed by atoms with E-state index < -0.39 is 5.54 Å². The Balaban J connectivity index is 2.30. The van der Waals surface area contributed by atoms with Gasteiger partial charge in [-0.15, -0.1) is 0 Å². The highest BCUT2D eigenvalue weighted by molar-refractivity contribution is 5.79. The second-order valence-electron chi connectivity index (χ2n) is 5.16. The lowest BCUT2D eigenvalue weighted by molar-refractivity contribution is -0.149. The first-order valence-corrected chi connectivity index (χ1v) is 6.71. The number of ether oxygens (including phenoxy) is 2. The molecule has 0 spiro atoms. The number of nitrogens with two attached hydrogens (primary N) is 1. The van der Waals surface area contributed by atoms with Crippen LogP contribution in [0.4, 0.5) is 0 Å². The van der Waals surface area contributed by atoms with Gasteiger partial charge < -0.3 is 20.1 Å². The fourth-order valence-electron chi connectivity index (χ4n) is 2.16. The summed E-state index contributed by atoms with van der Waals surface area (Å²) in [4.78, 5) is 14.0. The zero-order valence-corrected chi connectivity index (χ0v) is 11.8. The zero-order chi connectivity index (χ0) is 13.6. The molecule has 0 amide bonds. The van der Waals surface area contributed by atoms with Gasteiger partial charge in [0.05, 0.1) is 12.7 Å². The van der Waals surface area contributed by atoms with Crippen LogP contribution >= 0.6 is 0 Å². The summed E-state index contributed by atoms with van der Waals surface area (Å²) in [5.41, 5.74) is 5.11. The van der Waals surface area contributed by atoms with Crippen molar-refractivity contribution in [2.45, 2.75) is 44.8 Å². The molecule has 0 aliphatic carbocycles. The molecule has 5 nitrogen and oxygen atoms in total. The summed E-state index contributed by atoms with van der Waals surface area (Å²) in [6.45, 7) is 6.78. The molecular weight excluding hydrogens is 232 g/mol. The smallest absolute Gasteiger partial charge is 0.325 e. The molecular formula is C13H26N2O3. The van der Waals surface area contributed by atoms with Crippen LogP contribution < -0.4 is 5.73 Å². The first-order valence-electron chi connectivity index (χ1n) is 6.71. The first kappa shape index (κ1) is 15.4. The summed E-state index contributed by atoms with van der Waals surface area (Å²) < 4.78 is 10.3. The van der Waals surface area contributed by atoms with Crippen LogP contribution in [0.1, 0.15) is 33.1 Å². The number of piperidine rings is 1. The molecule has 1 fully saturated rings. The number of likely N-dealkylation sites (tertiary alicyclic amines) is 1. The van der Waals surface area contributed by atoms with E-state index in [0.29, 0.717) is 19.1 Å². The first-order chi connectivity index (χ1) is 8.49. The van der Waals surface area contributed by atoms with Crippen molar-refractivity contribution in [1.29, 1.82) is 0 Å². The average molecular weight is 258 g/mol. The Morgan fingerprint density at radius 1 is 1.44 bits per heavy atom. The van der Waals surface area contributed by atoms with Gasteiger partial charge in [-0.1, -0.05) is 0 Å². The van der Waals surface area contributed by atoms with E-state index in [-0.39, 0.29) is 5.97 Å². The second-order valence-corrected chi connectivity index (χ2v) is 5.16. The standard InChI is InChI=1S/C13H26N2O3/c1-4-18-12(16)13(2,14)7-10-15-8-5-11(17-3)6-9-15/h11H,4-10,14H2,1-3H3. The molecule has 1 atom stereocenters. The van der Waals surface area contributed by atoms with Gasteiger partial charge in [0, 0.05) is 26.7 Å². The van der Waals surface area contributed by atoms with E-state index in [0.717, 1.165) is 32.5 Å². The maximum atomic E-state index is 11.7. The minimum absolute atomic E-state index is 0.309. The molecule has 0 saturated carbocycles. The lowest BCUT2D eigenvalue weighted by atomic mass is 9.98. The molecule has 1 aliphatic rings. The van der Waals surface area contributed by atoms with Crippen LogP contribution in [0.5, 0.6) is 0 Å². The molecule has 0 radical (unpaired) electrons. The van der Waals surface area contributed by atoms with Crippen LogP contribution in [0.3, 0.4) is 0 Å². The van der Waals surface area contributed by atoms with Crippen molar-refractivity contribution in [1.82, 2.24) is 4.90 Å². The molecule has 0 aromatic carbocycles. The van der Waals surface area contributed by atoms with E-state index in [1.807, 2.05) is 0 Å². The third-order valence-electron chi connectivity index (χ3n) is 3.56. The molecule has 1 rings (SSSR count). The van der Waals surface area contributed by atoms with Crippen molar-refractivity contribution < 1.29 is 14.3 Å². The van der Waals surface area contributed by atoms with E-state index in [1.165, 1.54) is 0 Å². The molecule has 0 bridgehead atoms. The minimum Gasteiger partial charge on any atom is -0.465 e. The summed E-state index contributed by atoms with van der Waals surface area (Å²) in [5, 5.41) is 0. The van der Waals surface area contributed by atoms with Crippen molar-refractivity contribution >= 4 is 5.97 Å². The maximum absolute atomic E-state index is 11.7. The van der Waals surface area contributed by atoms with Crippen molar-refractivity contribution in [3.63, 3.8) is 0 Å². The molecule has 1 aliphatic heterocycles. The Kier molecular flexibility index (Phi) is 6.05. The van der Waals surface area contributed by atoms with E-state index in [2.05, 4.69) is 4.90 Å². The average Bonchev–Trinajstić information content (AvgIpc) is 2.37. The SMILES string of the molecule is CCOC(=O)C(C)(N)CCN1CCC(OC)CC1. The Morgan fingerprint density at radius 2 is 2.06 bits per heavy atom. The van der Waals surface area contributed by atoms with Crippen LogP contribution in [-0.2, 0) is 14.3 Å². The van der Waals surface area contributed by atoms with Crippen molar-refractivity contribution in [3.8, 4) is 0 Å². The number of carbonyl (C=O) groups is 1. The van der Waals surface area contributed by atoms with Gasteiger partial charge in [-0.2, -0.15) is 0 Å².